The summed E-state index contributed by atoms with van der Waals surface area (Å²) in [5, 5.41) is 9.61. The Morgan fingerprint density at radius 3 is 2.87 bits per heavy atom. The van der Waals surface area contributed by atoms with Gasteiger partial charge in [-0.05, 0) is 25.3 Å². The Hall–Kier alpha value is -1.77. The lowest BCUT2D eigenvalue weighted by atomic mass is 10.2. The van der Waals surface area contributed by atoms with Crippen LogP contribution in [0.4, 0.5) is 0 Å². The van der Waals surface area contributed by atoms with Gasteiger partial charge in [0.25, 0.3) is 5.56 Å². The van der Waals surface area contributed by atoms with Crippen LogP contribution in [-0.2, 0) is 11.3 Å². The number of ether oxygens (including phenoxy) is 1. The Kier molecular flexibility index (Phi) is 4.47. The maximum atomic E-state index is 12.4. The molecule has 7 nitrogen and oxygen atoms in total. The van der Waals surface area contributed by atoms with Crippen LogP contribution in [0.15, 0.2) is 4.79 Å². The van der Waals surface area contributed by atoms with Crippen molar-refractivity contribution in [1.82, 2.24) is 14.9 Å². The number of fused-ring (bicyclic) bond motifs is 1. The smallest absolute Gasteiger partial charge is 0.348 e. The van der Waals surface area contributed by atoms with Crippen LogP contribution >= 0.6 is 11.3 Å². The zero-order valence-electron chi connectivity index (χ0n) is 13.1. The van der Waals surface area contributed by atoms with Crippen molar-refractivity contribution >= 4 is 27.5 Å². The van der Waals surface area contributed by atoms with Gasteiger partial charge in [-0.15, -0.1) is 11.3 Å². The first-order valence-electron chi connectivity index (χ1n) is 7.50. The van der Waals surface area contributed by atoms with Gasteiger partial charge in [0.1, 0.15) is 15.5 Å². The number of hydrogen-bond donors (Lipinski definition) is 2. The van der Waals surface area contributed by atoms with E-state index in [1.54, 1.807) is 6.92 Å². The number of nitrogens with zero attached hydrogens (tertiary/aromatic N) is 2. The monoisotopic (exact) mass is 337 g/mol. The quantitative estimate of drug-likeness (QED) is 0.765. The zero-order chi connectivity index (χ0) is 16.6. The van der Waals surface area contributed by atoms with Crippen molar-refractivity contribution in [1.29, 1.82) is 0 Å². The number of rotatable bonds is 6. The fraction of sp³-hybridized carbons (Fsp3) is 0.533. The van der Waals surface area contributed by atoms with Gasteiger partial charge < -0.3 is 14.8 Å². The second kappa shape index (κ2) is 6.38. The molecule has 1 fully saturated rings. The molecule has 0 spiro atoms. The van der Waals surface area contributed by atoms with Crippen LogP contribution in [0, 0.1) is 6.92 Å². The Morgan fingerprint density at radius 2 is 2.26 bits per heavy atom. The standard InChI is InChI=1S/C15H19N3O4S/c1-8-11-13(20)16-10(7-18(5-6-19)9-3-4-9)17-14(11)23-12(8)15(21)22-2/h9,19H,3-7H2,1-2H3,(H,16,17,20). The number of aromatic amines is 1. The van der Waals surface area contributed by atoms with Gasteiger partial charge in [-0.25, -0.2) is 9.78 Å². The van der Waals surface area contributed by atoms with E-state index in [0.717, 1.165) is 12.8 Å². The van der Waals surface area contributed by atoms with Crippen molar-refractivity contribution in [3.63, 3.8) is 0 Å². The first kappa shape index (κ1) is 16.1. The minimum absolute atomic E-state index is 0.0770. The Bertz CT molecular complexity index is 794. The number of aliphatic hydroxyl groups is 1. The van der Waals surface area contributed by atoms with Crippen LogP contribution in [0.1, 0.15) is 33.9 Å². The van der Waals surface area contributed by atoms with Gasteiger partial charge in [0.2, 0.25) is 0 Å². The van der Waals surface area contributed by atoms with Crippen molar-refractivity contribution in [2.24, 2.45) is 0 Å². The van der Waals surface area contributed by atoms with Crippen LogP contribution < -0.4 is 5.56 Å². The summed E-state index contributed by atoms with van der Waals surface area (Å²) < 4.78 is 4.75. The highest BCUT2D eigenvalue weighted by molar-refractivity contribution is 7.20. The van der Waals surface area contributed by atoms with Crippen molar-refractivity contribution < 1.29 is 14.6 Å². The van der Waals surface area contributed by atoms with Crippen LogP contribution in [0.5, 0.6) is 0 Å². The molecule has 2 aromatic heterocycles. The molecule has 1 aliphatic rings. The number of methoxy groups -OCH3 is 1. The summed E-state index contributed by atoms with van der Waals surface area (Å²) in [4.78, 5) is 34.5. The lowest BCUT2D eigenvalue weighted by Gasteiger charge is -2.19. The van der Waals surface area contributed by atoms with Gasteiger partial charge in [-0.2, -0.15) is 0 Å². The summed E-state index contributed by atoms with van der Waals surface area (Å²) in [6.45, 7) is 2.85. The summed E-state index contributed by atoms with van der Waals surface area (Å²) >= 11 is 1.18. The molecule has 0 aromatic carbocycles. The SMILES string of the molecule is COC(=O)c1sc2nc(CN(CCO)C3CC3)[nH]c(=O)c2c1C. The number of carbonyl (C=O) groups excluding carboxylic acids is 1. The molecule has 3 rings (SSSR count). The van der Waals surface area contributed by atoms with Gasteiger partial charge in [-0.3, -0.25) is 9.69 Å². The van der Waals surface area contributed by atoms with Gasteiger partial charge in [-0.1, -0.05) is 0 Å². The Labute approximate surface area is 136 Å². The molecule has 0 amide bonds. The summed E-state index contributed by atoms with van der Waals surface area (Å²) in [6.07, 6.45) is 2.22. The van der Waals surface area contributed by atoms with Crippen LogP contribution in [0.25, 0.3) is 10.2 Å². The van der Waals surface area contributed by atoms with E-state index in [2.05, 4.69) is 14.9 Å². The number of hydrogen-bond acceptors (Lipinski definition) is 7. The maximum absolute atomic E-state index is 12.4. The first-order chi connectivity index (χ1) is 11.0. The molecule has 23 heavy (non-hydrogen) atoms. The van der Waals surface area contributed by atoms with Gasteiger partial charge >= 0.3 is 5.97 Å². The third-order valence-corrected chi connectivity index (χ3v) is 5.19. The number of carbonyl (C=O) groups is 1. The summed E-state index contributed by atoms with van der Waals surface area (Å²) in [6, 6.07) is 0.457. The molecule has 1 saturated carbocycles. The average Bonchev–Trinajstić information content (AvgIpc) is 3.30. The highest BCUT2D eigenvalue weighted by atomic mass is 32.1. The molecule has 2 N–H and O–H groups in total. The topological polar surface area (TPSA) is 95.5 Å². The van der Waals surface area contributed by atoms with Crippen molar-refractivity contribution in [2.45, 2.75) is 32.4 Å². The van der Waals surface area contributed by atoms with E-state index in [0.29, 0.717) is 45.6 Å². The number of esters is 1. The highest BCUT2D eigenvalue weighted by Gasteiger charge is 2.29. The molecule has 0 atom stereocenters. The number of nitrogens with one attached hydrogen (secondary N) is 1. The molecule has 8 heteroatoms. The van der Waals surface area contributed by atoms with E-state index >= 15 is 0 Å². The summed E-state index contributed by atoms with van der Waals surface area (Å²) in [5.74, 6) is 0.104. The third-order valence-electron chi connectivity index (χ3n) is 4.02. The minimum Gasteiger partial charge on any atom is -0.465 e. The molecular formula is C15H19N3O4S. The van der Waals surface area contributed by atoms with E-state index in [1.807, 2.05) is 0 Å². The lowest BCUT2D eigenvalue weighted by molar-refractivity contribution is 0.0605. The van der Waals surface area contributed by atoms with E-state index in [1.165, 1.54) is 18.4 Å². The van der Waals surface area contributed by atoms with E-state index in [4.69, 9.17) is 9.84 Å². The second-order valence-corrected chi connectivity index (χ2v) is 6.66. The van der Waals surface area contributed by atoms with Crippen LogP contribution in [0.3, 0.4) is 0 Å². The summed E-state index contributed by atoms with van der Waals surface area (Å²) in [7, 11) is 1.32. The van der Waals surface area contributed by atoms with Gasteiger partial charge in [0.05, 0.1) is 25.6 Å². The molecule has 1 aliphatic carbocycles. The molecule has 0 radical (unpaired) electrons. The number of aliphatic hydroxyl groups excluding tert-OH is 1. The second-order valence-electron chi connectivity index (χ2n) is 5.67. The Balaban J connectivity index is 1.97. The predicted molar refractivity (Wildman–Crippen MR) is 86.8 cm³/mol. The fourth-order valence-corrected chi connectivity index (χ4v) is 3.82. The van der Waals surface area contributed by atoms with Gasteiger partial charge in [0.15, 0.2) is 0 Å². The van der Waals surface area contributed by atoms with Crippen LogP contribution in [-0.4, -0.2) is 52.2 Å². The molecule has 124 valence electrons. The normalized spacial score (nSPS) is 14.6. The number of aromatic nitrogens is 2. The minimum atomic E-state index is -0.452. The zero-order valence-corrected chi connectivity index (χ0v) is 13.9. The van der Waals surface area contributed by atoms with E-state index < -0.39 is 5.97 Å². The van der Waals surface area contributed by atoms with Crippen molar-refractivity contribution in [2.75, 3.05) is 20.3 Å². The first-order valence-corrected chi connectivity index (χ1v) is 8.32. The lowest BCUT2D eigenvalue weighted by Crippen LogP contribution is -2.30. The van der Waals surface area contributed by atoms with Crippen molar-refractivity contribution in [3.8, 4) is 0 Å². The molecule has 2 heterocycles. The molecular weight excluding hydrogens is 318 g/mol. The van der Waals surface area contributed by atoms with E-state index in [-0.39, 0.29) is 12.2 Å². The molecule has 0 aliphatic heterocycles. The van der Waals surface area contributed by atoms with Crippen molar-refractivity contribution in [3.05, 3.63) is 26.6 Å². The molecule has 0 unspecified atom stereocenters. The van der Waals surface area contributed by atoms with Gasteiger partial charge in [0, 0.05) is 12.6 Å². The maximum Gasteiger partial charge on any atom is 0.348 e. The Morgan fingerprint density at radius 1 is 1.52 bits per heavy atom. The average molecular weight is 337 g/mol. The molecule has 0 saturated heterocycles. The predicted octanol–water partition coefficient (Wildman–Crippen LogP) is 1.04. The summed E-state index contributed by atoms with van der Waals surface area (Å²) in [5.41, 5.74) is 0.361. The number of H-pyrrole nitrogens is 1. The van der Waals surface area contributed by atoms with E-state index in [9.17, 15) is 9.59 Å². The molecule has 0 bridgehead atoms. The number of thiophene rings is 1. The largest absolute Gasteiger partial charge is 0.465 e. The fourth-order valence-electron chi connectivity index (χ4n) is 2.70. The molecule has 2 aromatic rings. The third kappa shape index (κ3) is 3.15. The number of aryl methyl sites for hydroxylation is 1. The highest BCUT2D eigenvalue weighted by Crippen LogP contribution is 2.29. The van der Waals surface area contributed by atoms with Crippen LogP contribution in [0.2, 0.25) is 0 Å².